The minimum Gasteiger partial charge on any atom is -0.384 e. The second kappa shape index (κ2) is 8.90. The highest BCUT2D eigenvalue weighted by Crippen LogP contribution is 2.32. The van der Waals surface area contributed by atoms with Crippen LogP contribution in [-0.4, -0.2) is 30.0 Å². The molecule has 0 amide bonds. The summed E-state index contributed by atoms with van der Waals surface area (Å²) in [5.74, 6) is 0. The molecule has 3 aromatic rings. The van der Waals surface area contributed by atoms with E-state index >= 15 is 0 Å². The number of aryl methyl sites for hydroxylation is 1. The molecule has 5 heteroatoms. The molecule has 0 aliphatic heterocycles. The summed E-state index contributed by atoms with van der Waals surface area (Å²) in [7, 11) is 0. The third-order valence-corrected chi connectivity index (χ3v) is 5.23. The van der Waals surface area contributed by atoms with E-state index in [9.17, 15) is 0 Å². The van der Waals surface area contributed by atoms with Gasteiger partial charge in [-0.05, 0) is 56.6 Å². The molecule has 3 rings (SSSR count). The summed E-state index contributed by atoms with van der Waals surface area (Å²) >= 11 is 12.3. The molecule has 0 fully saturated rings. The molecule has 0 saturated heterocycles. The quantitative estimate of drug-likeness (QED) is 0.292. The van der Waals surface area contributed by atoms with Gasteiger partial charge in [-0.15, -0.1) is 11.6 Å². The lowest BCUT2D eigenvalue weighted by atomic mass is 10.1. The summed E-state index contributed by atoms with van der Waals surface area (Å²) in [5, 5.41) is 10.2. The van der Waals surface area contributed by atoms with Gasteiger partial charge in [-0.2, -0.15) is 0 Å². The maximum Gasteiger partial charge on any atom is 0.0745 e. The van der Waals surface area contributed by atoms with Gasteiger partial charge >= 0.3 is 0 Å². The van der Waals surface area contributed by atoms with Crippen molar-refractivity contribution in [3.05, 3.63) is 47.0 Å². The normalized spacial score (nSPS) is 12.6. The van der Waals surface area contributed by atoms with Gasteiger partial charge in [0.1, 0.15) is 0 Å². The maximum absolute atomic E-state index is 6.17. The van der Waals surface area contributed by atoms with Crippen LogP contribution in [0.25, 0.3) is 21.8 Å². The molecule has 2 N–H and O–H groups in total. The van der Waals surface area contributed by atoms with Crippen molar-refractivity contribution in [2.24, 2.45) is 0 Å². The maximum atomic E-state index is 6.17. The van der Waals surface area contributed by atoms with E-state index in [1.807, 2.05) is 18.2 Å². The van der Waals surface area contributed by atoms with Crippen molar-refractivity contribution < 1.29 is 0 Å². The molecule has 138 valence electrons. The number of fused-ring (bicyclic) bond motifs is 2. The van der Waals surface area contributed by atoms with Crippen LogP contribution < -0.4 is 10.6 Å². The zero-order chi connectivity index (χ0) is 18.5. The van der Waals surface area contributed by atoms with Gasteiger partial charge in [0, 0.05) is 34.3 Å². The molecule has 2 aromatic carbocycles. The topological polar surface area (TPSA) is 37.0 Å². The van der Waals surface area contributed by atoms with Crippen LogP contribution in [0.3, 0.4) is 0 Å². The Hall–Kier alpha value is -1.55. The van der Waals surface area contributed by atoms with E-state index in [0.29, 0.717) is 5.02 Å². The van der Waals surface area contributed by atoms with Crippen molar-refractivity contribution in [1.82, 2.24) is 10.3 Å². The summed E-state index contributed by atoms with van der Waals surface area (Å²) in [6.07, 6.45) is 2.02. The first-order valence-electron chi connectivity index (χ1n) is 9.16. The van der Waals surface area contributed by atoms with Crippen LogP contribution in [0.15, 0.2) is 36.4 Å². The van der Waals surface area contributed by atoms with Gasteiger partial charge in [0.15, 0.2) is 0 Å². The van der Waals surface area contributed by atoms with Crippen molar-refractivity contribution in [3.8, 4) is 0 Å². The largest absolute Gasteiger partial charge is 0.384 e. The molecule has 0 bridgehead atoms. The molecule has 1 heterocycles. The van der Waals surface area contributed by atoms with Crippen LogP contribution in [0.5, 0.6) is 0 Å². The first kappa shape index (κ1) is 19.2. The van der Waals surface area contributed by atoms with Gasteiger partial charge < -0.3 is 10.6 Å². The zero-order valence-electron chi connectivity index (χ0n) is 15.3. The fourth-order valence-corrected chi connectivity index (χ4v) is 3.33. The summed E-state index contributed by atoms with van der Waals surface area (Å²) in [4.78, 5) is 4.78. The number of benzene rings is 2. The lowest BCUT2D eigenvalue weighted by Crippen LogP contribution is -2.25. The SMILES string of the molecule is CCC(Cl)CNCCCNc1c2ccc(Cl)cc2nc2ccc(C)cc12. The first-order chi connectivity index (χ1) is 12.6. The van der Waals surface area contributed by atoms with Gasteiger partial charge in [0.2, 0.25) is 0 Å². The number of pyridine rings is 1. The van der Waals surface area contributed by atoms with Crippen LogP contribution in [-0.2, 0) is 0 Å². The Morgan fingerprint density at radius 2 is 1.88 bits per heavy atom. The molecule has 3 nitrogen and oxygen atoms in total. The predicted octanol–water partition coefficient (Wildman–Crippen LogP) is 5.76. The van der Waals surface area contributed by atoms with Crippen molar-refractivity contribution in [3.63, 3.8) is 0 Å². The summed E-state index contributed by atoms with van der Waals surface area (Å²) in [5.41, 5.74) is 4.26. The highest BCUT2D eigenvalue weighted by molar-refractivity contribution is 6.31. The monoisotopic (exact) mass is 389 g/mol. The lowest BCUT2D eigenvalue weighted by Gasteiger charge is -2.14. The number of hydrogen-bond acceptors (Lipinski definition) is 3. The molecule has 1 unspecified atom stereocenters. The van der Waals surface area contributed by atoms with E-state index in [2.05, 4.69) is 42.7 Å². The van der Waals surface area contributed by atoms with Crippen molar-refractivity contribution in [1.29, 1.82) is 0 Å². The Morgan fingerprint density at radius 3 is 2.69 bits per heavy atom. The van der Waals surface area contributed by atoms with Gasteiger partial charge in [0.25, 0.3) is 0 Å². The molecule has 1 aromatic heterocycles. The zero-order valence-corrected chi connectivity index (χ0v) is 16.8. The minimum atomic E-state index is 0.212. The lowest BCUT2D eigenvalue weighted by molar-refractivity contribution is 0.631. The molecule has 26 heavy (non-hydrogen) atoms. The third-order valence-electron chi connectivity index (χ3n) is 4.53. The number of halogens is 2. The van der Waals surface area contributed by atoms with Gasteiger partial charge in [0.05, 0.1) is 16.7 Å². The van der Waals surface area contributed by atoms with Crippen LogP contribution >= 0.6 is 23.2 Å². The molecular formula is C21H25Cl2N3. The number of alkyl halides is 1. The number of anilines is 1. The van der Waals surface area contributed by atoms with Gasteiger partial charge in [-0.25, -0.2) is 4.98 Å². The summed E-state index contributed by atoms with van der Waals surface area (Å²) in [6.45, 7) is 6.90. The van der Waals surface area contributed by atoms with E-state index < -0.39 is 0 Å². The highest BCUT2D eigenvalue weighted by atomic mass is 35.5. The van der Waals surface area contributed by atoms with E-state index in [1.165, 1.54) is 5.56 Å². The third kappa shape index (κ3) is 4.59. The Kier molecular flexibility index (Phi) is 6.58. The second-order valence-corrected chi connectivity index (χ2v) is 7.71. The first-order valence-corrected chi connectivity index (χ1v) is 9.98. The van der Waals surface area contributed by atoms with Crippen LogP contribution in [0.2, 0.25) is 5.02 Å². The van der Waals surface area contributed by atoms with Crippen LogP contribution in [0.4, 0.5) is 5.69 Å². The average molecular weight is 390 g/mol. The van der Waals surface area contributed by atoms with Gasteiger partial charge in [-0.1, -0.05) is 30.2 Å². The average Bonchev–Trinajstić information content (AvgIpc) is 2.63. The Labute approximate surface area is 165 Å². The van der Waals surface area contributed by atoms with E-state index in [1.54, 1.807) is 0 Å². The van der Waals surface area contributed by atoms with Crippen molar-refractivity contribution >= 4 is 50.7 Å². The van der Waals surface area contributed by atoms with Crippen molar-refractivity contribution in [2.45, 2.75) is 32.1 Å². The fraction of sp³-hybridized carbons (Fsp3) is 0.381. The van der Waals surface area contributed by atoms with E-state index in [-0.39, 0.29) is 5.38 Å². The molecular weight excluding hydrogens is 365 g/mol. The molecule has 0 aliphatic carbocycles. The van der Waals surface area contributed by atoms with Crippen LogP contribution in [0.1, 0.15) is 25.3 Å². The Balaban J connectivity index is 1.79. The molecule has 1 atom stereocenters. The smallest absolute Gasteiger partial charge is 0.0745 e. The van der Waals surface area contributed by atoms with E-state index in [4.69, 9.17) is 28.2 Å². The number of aromatic nitrogens is 1. The van der Waals surface area contributed by atoms with Crippen LogP contribution in [0, 0.1) is 6.92 Å². The number of hydrogen-bond donors (Lipinski definition) is 2. The molecule has 0 spiro atoms. The fourth-order valence-electron chi connectivity index (χ4n) is 3.05. The summed E-state index contributed by atoms with van der Waals surface area (Å²) in [6, 6.07) is 12.3. The molecule has 0 saturated carbocycles. The number of nitrogens with zero attached hydrogens (tertiary/aromatic N) is 1. The minimum absolute atomic E-state index is 0.212. The van der Waals surface area contributed by atoms with E-state index in [0.717, 1.165) is 60.0 Å². The Bertz CT molecular complexity index is 895. The second-order valence-electron chi connectivity index (χ2n) is 6.66. The van der Waals surface area contributed by atoms with Crippen molar-refractivity contribution in [2.75, 3.05) is 25.0 Å². The molecule has 0 aliphatic rings. The number of nitrogens with one attached hydrogen (secondary N) is 2. The Morgan fingerprint density at radius 1 is 1.04 bits per heavy atom. The molecule has 0 radical (unpaired) electrons. The number of rotatable bonds is 8. The standard InChI is InChI=1S/C21H25Cl2N3/c1-3-15(22)13-24-9-4-10-25-21-17-7-6-16(23)12-20(17)26-19-8-5-14(2)11-18(19)21/h5-8,11-12,15,24H,3-4,9-10,13H2,1-2H3,(H,25,26). The predicted molar refractivity (Wildman–Crippen MR) is 115 cm³/mol. The van der Waals surface area contributed by atoms with Gasteiger partial charge in [-0.3, -0.25) is 0 Å². The highest BCUT2D eigenvalue weighted by Gasteiger charge is 2.10. The summed E-state index contributed by atoms with van der Waals surface area (Å²) < 4.78 is 0.